The van der Waals surface area contributed by atoms with Crippen molar-refractivity contribution in [1.29, 1.82) is 0 Å². The van der Waals surface area contributed by atoms with Gasteiger partial charge in [-0.3, -0.25) is 0 Å². The summed E-state index contributed by atoms with van der Waals surface area (Å²) in [6, 6.07) is 8.42. The van der Waals surface area contributed by atoms with Gasteiger partial charge in [-0.05, 0) is 35.9 Å². The molecule has 0 radical (unpaired) electrons. The second-order valence-corrected chi connectivity index (χ2v) is 10.1. The van der Waals surface area contributed by atoms with Gasteiger partial charge < -0.3 is 9.88 Å². The maximum Gasteiger partial charge on any atom is 0.417 e. The van der Waals surface area contributed by atoms with E-state index in [-0.39, 0.29) is 23.8 Å². The van der Waals surface area contributed by atoms with Crippen LogP contribution < -0.4 is 5.32 Å². The van der Waals surface area contributed by atoms with Crippen molar-refractivity contribution in [3.8, 4) is 0 Å². The highest BCUT2D eigenvalue weighted by Crippen LogP contribution is 2.38. The molecule has 12 heteroatoms. The molecule has 1 aliphatic rings. The third-order valence-corrected chi connectivity index (χ3v) is 7.54. The molecule has 4 rings (SSSR count). The number of hydrogen-bond donors (Lipinski definition) is 1. The van der Waals surface area contributed by atoms with Crippen LogP contribution in [-0.2, 0) is 23.2 Å². The number of anilines is 1. The number of benzene rings is 2. The van der Waals surface area contributed by atoms with Crippen LogP contribution in [-0.4, -0.2) is 41.4 Å². The van der Waals surface area contributed by atoms with Crippen LogP contribution in [0.2, 0.25) is 5.02 Å². The predicted molar refractivity (Wildman–Crippen MR) is 115 cm³/mol. The first-order valence-electron chi connectivity index (χ1n) is 9.82. The van der Waals surface area contributed by atoms with Gasteiger partial charge in [0, 0.05) is 44.0 Å². The Morgan fingerprint density at radius 3 is 2.42 bits per heavy atom. The molecule has 176 valence electrons. The standard InChI is InChI=1S/C21H19ClF4N4O2S/c1-29-11-20(27-12-29)33(31,32)30-9-16(13-2-4-14(23)5-3-13)19(10-30)28-15-6-7-18(22)17(8-15)21(24,25)26/h2-8,11-12,16,19,28H,9-10H2,1H3. The zero-order valence-electron chi connectivity index (χ0n) is 17.2. The van der Waals surface area contributed by atoms with E-state index in [1.54, 1.807) is 7.05 Å². The Hall–Kier alpha value is -2.63. The van der Waals surface area contributed by atoms with E-state index in [9.17, 15) is 26.0 Å². The van der Waals surface area contributed by atoms with Crippen LogP contribution in [0.4, 0.5) is 23.2 Å². The van der Waals surface area contributed by atoms with Crippen molar-refractivity contribution in [2.24, 2.45) is 7.05 Å². The van der Waals surface area contributed by atoms with E-state index in [1.807, 2.05) is 0 Å². The molecular formula is C21H19ClF4N4O2S. The molecule has 3 aromatic rings. The molecule has 2 atom stereocenters. The maximum atomic E-state index is 13.4. The fourth-order valence-electron chi connectivity index (χ4n) is 3.86. The summed E-state index contributed by atoms with van der Waals surface area (Å²) in [5.74, 6) is -0.902. The van der Waals surface area contributed by atoms with Crippen molar-refractivity contribution >= 4 is 27.3 Å². The molecule has 1 N–H and O–H groups in total. The Morgan fingerprint density at radius 1 is 1.12 bits per heavy atom. The Morgan fingerprint density at radius 2 is 1.82 bits per heavy atom. The molecule has 33 heavy (non-hydrogen) atoms. The summed E-state index contributed by atoms with van der Waals surface area (Å²) < 4.78 is 82.2. The van der Waals surface area contributed by atoms with E-state index in [2.05, 4.69) is 10.3 Å². The molecule has 0 bridgehead atoms. The summed E-state index contributed by atoms with van der Waals surface area (Å²) in [5.41, 5.74) is -0.206. The fourth-order valence-corrected chi connectivity index (χ4v) is 5.54. The number of nitrogens with zero attached hydrogens (tertiary/aromatic N) is 3. The van der Waals surface area contributed by atoms with Crippen molar-refractivity contribution in [1.82, 2.24) is 13.9 Å². The van der Waals surface area contributed by atoms with Crippen molar-refractivity contribution in [2.75, 3.05) is 18.4 Å². The lowest BCUT2D eigenvalue weighted by molar-refractivity contribution is -0.137. The van der Waals surface area contributed by atoms with Crippen LogP contribution in [0.3, 0.4) is 0 Å². The number of sulfonamides is 1. The molecule has 2 unspecified atom stereocenters. The van der Waals surface area contributed by atoms with E-state index < -0.39 is 44.6 Å². The number of nitrogens with one attached hydrogen (secondary N) is 1. The minimum absolute atomic E-state index is 0.0229. The Bertz CT molecular complexity index is 1260. The summed E-state index contributed by atoms with van der Waals surface area (Å²) in [7, 11) is -2.30. The molecule has 1 fully saturated rings. The first-order chi connectivity index (χ1) is 15.4. The molecule has 0 aliphatic carbocycles. The van der Waals surface area contributed by atoms with E-state index >= 15 is 0 Å². The molecule has 6 nitrogen and oxygen atoms in total. The van der Waals surface area contributed by atoms with Crippen molar-refractivity contribution in [3.05, 3.63) is 77.0 Å². The lowest BCUT2D eigenvalue weighted by Gasteiger charge is -2.22. The largest absolute Gasteiger partial charge is 0.417 e. The first kappa shape index (κ1) is 23.5. The smallest absolute Gasteiger partial charge is 0.380 e. The van der Waals surface area contributed by atoms with Gasteiger partial charge in [-0.15, -0.1) is 0 Å². The van der Waals surface area contributed by atoms with E-state index in [1.165, 1.54) is 51.7 Å². The molecular weight excluding hydrogens is 484 g/mol. The SMILES string of the molecule is Cn1cnc(S(=O)(=O)N2CC(Nc3ccc(Cl)c(C(F)(F)F)c3)C(c3ccc(F)cc3)C2)c1. The number of alkyl halides is 3. The van der Waals surface area contributed by atoms with Gasteiger partial charge in [0.05, 0.1) is 16.9 Å². The van der Waals surface area contributed by atoms with Crippen molar-refractivity contribution < 1.29 is 26.0 Å². The molecule has 0 saturated carbocycles. The molecule has 1 aliphatic heterocycles. The van der Waals surface area contributed by atoms with E-state index in [0.717, 1.165) is 12.1 Å². The van der Waals surface area contributed by atoms with Crippen LogP contribution in [0.15, 0.2) is 60.0 Å². The quantitative estimate of drug-likeness (QED) is 0.522. The normalized spacial score (nSPS) is 19.7. The van der Waals surface area contributed by atoms with Gasteiger partial charge in [-0.25, -0.2) is 17.8 Å². The Balaban J connectivity index is 1.67. The van der Waals surface area contributed by atoms with Gasteiger partial charge in [-0.2, -0.15) is 17.5 Å². The zero-order chi connectivity index (χ0) is 24.0. The third kappa shape index (κ3) is 4.85. The summed E-state index contributed by atoms with van der Waals surface area (Å²) in [6.07, 6.45) is -1.91. The van der Waals surface area contributed by atoms with Gasteiger partial charge in [0.15, 0.2) is 5.03 Å². The molecule has 2 heterocycles. The van der Waals surface area contributed by atoms with Crippen molar-refractivity contribution in [3.63, 3.8) is 0 Å². The molecule has 1 aromatic heterocycles. The molecule has 0 amide bonds. The lowest BCUT2D eigenvalue weighted by atomic mass is 9.94. The minimum atomic E-state index is -4.64. The van der Waals surface area contributed by atoms with E-state index in [4.69, 9.17) is 11.6 Å². The Kier molecular flexibility index (Phi) is 6.14. The second-order valence-electron chi connectivity index (χ2n) is 7.80. The first-order valence-corrected chi connectivity index (χ1v) is 11.6. The number of aromatic nitrogens is 2. The fraction of sp³-hybridized carbons (Fsp3) is 0.286. The van der Waals surface area contributed by atoms with Crippen LogP contribution in [0.1, 0.15) is 17.0 Å². The van der Waals surface area contributed by atoms with Gasteiger partial charge in [0.2, 0.25) is 0 Å². The molecule has 1 saturated heterocycles. The van der Waals surface area contributed by atoms with E-state index in [0.29, 0.717) is 5.56 Å². The zero-order valence-corrected chi connectivity index (χ0v) is 18.8. The van der Waals surface area contributed by atoms with Gasteiger partial charge in [0.25, 0.3) is 10.0 Å². The summed E-state index contributed by atoms with van der Waals surface area (Å²) in [6.45, 7) is 0.0207. The highest BCUT2D eigenvalue weighted by atomic mass is 35.5. The molecule has 2 aromatic carbocycles. The van der Waals surface area contributed by atoms with Crippen molar-refractivity contribution in [2.45, 2.75) is 23.2 Å². The predicted octanol–water partition coefficient (Wildman–Crippen LogP) is 4.50. The highest BCUT2D eigenvalue weighted by Gasteiger charge is 2.41. The van der Waals surface area contributed by atoms with Gasteiger partial charge in [0.1, 0.15) is 5.82 Å². The average molecular weight is 503 g/mol. The lowest BCUT2D eigenvalue weighted by Crippen LogP contribution is -2.32. The topological polar surface area (TPSA) is 67.2 Å². The highest BCUT2D eigenvalue weighted by molar-refractivity contribution is 7.89. The van der Waals surface area contributed by atoms with Crippen LogP contribution in [0.5, 0.6) is 0 Å². The summed E-state index contributed by atoms with van der Waals surface area (Å²) in [4.78, 5) is 3.92. The second kappa shape index (κ2) is 8.62. The van der Waals surface area contributed by atoms with Gasteiger partial charge in [-0.1, -0.05) is 23.7 Å². The number of halogens is 5. The number of imidazole rings is 1. The number of rotatable bonds is 5. The van der Waals surface area contributed by atoms with Crippen LogP contribution >= 0.6 is 11.6 Å². The number of aryl methyl sites for hydroxylation is 1. The van der Waals surface area contributed by atoms with Gasteiger partial charge >= 0.3 is 6.18 Å². The summed E-state index contributed by atoms with van der Waals surface area (Å²) in [5, 5.41) is 2.45. The average Bonchev–Trinajstić information content (AvgIpc) is 3.36. The maximum absolute atomic E-state index is 13.4. The van der Waals surface area contributed by atoms with Crippen LogP contribution in [0.25, 0.3) is 0 Å². The third-order valence-electron chi connectivity index (χ3n) is 5.49. The minimum Gasteiger partial charge on any atom is -0.380 e. The van der Waals surface area contributed by atoms with Crippen LogP contribution in [0, 0.1) is 5.82 Å². The monoisotopic (exact) mass is 502 g/mol. The number of hydrogen-bond acceptors (Lipinski definition) is 4. The molecule has 0 spiro atoms. The summed E-state index contributed by atoms with van der Waals surface area (Å²) >= 11 is 5.71. The Labute approximate surface area is 192 Å².